The fraction of sp³-hybridized carbons (Fsp3) is 0.565. The van der Waals surface area contributed by atoms with Crippen molar-refractivity contribution in [2.24, 2.45) is 0 Å². The van der Waals surface area contributed by atoms with Crippen LogP contribution >= 0.6 is 0 Å². The average molecular weight is 375 g/mol. The van der Waals surface area contributed by atoms with Crippen LogP contribution < -0.4 is 0 Å². The maximum atomic E-state index is 5.43. The van der Waals surface area contributed by atoms with Crippen molar-refractivity contribution in [2.75, 3.05) is 13.2 Å². The van der Waals surface area contributed by atoms with Crippen LogP contribution in [-0.4, -0.2) is 23.2 Å². The van der Waals surface area contributed by atoms with E-state index in [-0.39, 0.29) is 0 Å². The Kier molecular flexibility index (Phi) is 14.1. The lowest BCUT2D eigenvalue weighted by atomic mass is 10.0. The Morgan fingerprint density at radius 1 is 0.692 bits per heavy atom. The van der Waals surface area contributed by atoms with Crippen LogP contribution in [0.1, 0.15) is 71.3 Å². The molecule has 0 bridgehead atoms. The molecule has 0 aromatic heterocycles. The van der Waals surface area contributed by atoms with Crippen molar-refractivity contribution in [3.8, 4) is 0 Å². The standard InChI is InChI=1S/C13H14.C10H24O2Si/c1-2-6-11-8-5-9-12-7-3-4-10-13(11)12;1-3-5-7-9-11-13-12-10-8-6-4-2/h3-5,7-10H,2,6H2,1H3;3-10,13H2,1-2H3. The van der Waals surface area contributed by atoms with Gasteiger partial charge in [0.05, 0.1) is 0 Å². The largest absolute Gasteiger partial charge is 0.399 e. The van der Waals surface area contributed by atoms with Crippen molar-refractivity contribution in [1.29, 1.82) is 0 Å². The van der Waals surface area contributed by atoms with Crippen LogP contribution in [0, 0.1) is 0 Å². The van der Waals surface area contributed by atoms with Gasteiger partial charge in [0, 0.05) is 13.2 Å². The van der Waals surface area contributed by atoms with Gasteiger partial charge in [0.1, 0.15) is 0 Å². The minimum absolute atomic E-state index is 0.645. The quantitative estimate of drug-likeness (QED) is 0.326. The van der Waals surface area contributed by atoms with E-state index in [2.05, 4.69) is 63.2 Å². The number of hydrogen-bond acceptors (Lipinski definition) is 2. The molecule has 0 heterocycles. The molecule has 0 atom stereocenters. The Labute approximate surface area is 163 Å². The molecule has 0 amide bonds. The molecule has 146 valence electrons. The van der Waals surface area contributed by atoms with E-state index in [1.54, 1.807) is 0 Å². The zero-order chi connectivity index (χ0) is 18.9. The number of rotatable bonds is 12. The Morgan fingerprint density at radius 2 is 1.31 bits per heavy atom. The van der Waals surface area contributed by atoms with E-state index in [9.17, 15) is 0 Å². The van der Waals surface area contributed by atoms with Gasteiger partial charge in [0.2, 0.25) is 0 Å². The number of fused-ring (bicyclic) bond motifs is 1. The van der Waals surface area contributed by atoms with E-state index in [1.165, 1.54) is 67.7 Å². The summed E-state index contributed by atoms with van der Waals surface area (Å²) in [6.07, 6.45) is 9.89. The Hall–Kier alpha value is -1.16. The lowest BCUT2D eigenvalue weighted by Crippen LogP contribution is -2.06. The van der Waals surface area contributed by atoms with E-state index >= 15 is 0 Å². The maximum absolute atomic E-state index is 5.43. The molecular formula is C23H38O2Si. The molecular weight excluding hydrogens is 336 g/mol. The first-order chi connectivity index (χ1) is 12.8. The van der Waals surface area contributed by atoms with Gasteiger partial charge in [0.25, 0.3) is 0 Å². The van der Waals surface area contributed by atoms with Crippen molar-refractivity contribution < 1.29 is 8.85 Å². The fourth-order valence-corrected chi connectivity index (χ4v) is 3.63. The molecule has 0 aliphatic heterocycles. The zero-order valence-electron chi connectivity index (χ0n) is 17.1. The Bertz CT molecular complexity index is 556. The van der Waals surface area contributed by atoms with Gasteiger partial charge in [-0.15, -0.1) is 0 Å². The lowest BCUT2D eigenvalue weighted by molar-refractivity contribution is 0.214. The minimum atomic E-state index is -0.645. The van der Waals surface area contributed by atoms with Crippen LogP contribution in [0.15, 0.2) is 42.5 Å². The topological polar surface area (TPSA) is 18.5 Å². The molecule has 2 rings (SSSR count). The summed E-state index contributed by atoms with van der Waals surface area (Å²) in [6, 6.07) is 15.1. The summed E-state index contributed by atoms with van der Waals surface area (Å²) in [7, 11) is -0.645. The molecule has 0 radical (unpaired) electrons. The molecule has 0 spiro atoms. The Morgan fingerprint density at radius 3 is 1.92 bits per heavy atom. The molecule has 0 aliphatic rings. The molecule has 0 saturated carbocycles. The van der Waals surface area contributed by atoms with Crippen molar-refractivity contribution >= 4 is 20.8 Å². The van der Waals surface area contributed by atoms with Gasteiger partial charge in [-0.05, 0) is 35.6 Å². The van der Waals surface area contributed by atoms with Crippen LogP contribution in [0.3, 0.4) is 0 Å². The second-order valence-electron chi connectivity index (χ2n) is 6.74. The van der Waals surface area contributed by atoms with Crippen LogP contribution in [-0.2, 0) is 15.3 Å². The van der Waals surface area contributed by atoms with Gasteiger partial charge in [-0.3, -0.25) is 0 Å². The van der Waals surface area contributed by atoms with E-state index in [4.69, 9.17) is 8.85 Å². The molecule has 0 unspecified atom stereocenters. The summed E-state index contributed by atoms with van der Waals surface area (Å²) in [5, 5.41) is 2.76. The monoisotopic (exact) mass is 374 g/mol. The number of benzene rings is 2. The zero-order valence-corrected chi connectivity index (χ0v) is 18.6. The second kappa shape index (κ2) is 16.0. The normalized spacial score (nSPS) is 10.6. The number of aryl methyl sites for hydroxylation is 1. The lowest BCUT2D eigenvalue weighted by Gasteiger charge is -2.04. The van der Waals surface area contributed by atoms with Crippen molar-refractivity contribution in [1.82, 2.24) is 0 Å². The number of unbranched alkanes of at least 4 members (excludes halogenated alkanes) is 4. The van der Waals surface area contributed by atoms with Crippen molar-refractivity contribution in [3.63, 3.8) is 0 Å². The highest BCUT2D eigenvalue weighted by Crippen LogP contribution is 2.19. The summed E-state index contributed by atoms with van der Waals surface area (Å²) < 4.78 is 10.9. The van der Waals surface area contributed by atoms with Gasteiger partial charge < -0.3 is 8.85 Å². The highest BCUT2D eigenvalue weighted by molar-refractivity contribution is 6.17. The van der Waals surface area contributed by atoms with E-state index in [0.717, 1.165) is 13.2 Å². The van der Waals surface area contributed by atoms with E-state index < -0.39 is 10.0 Å². The van der Waals surface area contributed by atoms with Crippen LogP contribution in [0.4, 0.5) is 0 Å². The van der Waals surface area contributed by atoms with Crippen LogP contribution in [0.2, 0.25) is 0 Å². The molecule has 0 N–H and O–H groups in total. The summed E-state index contributed by atoms with van der Waals surface area (Å²) in [5.41, 5.74) is 1.47. The van der Waals surface area contributed by atoms with Crippen molar-refractivity contribution in [3.05, 3.63) is 48.0 Å². The first-order valence-corrected chi connectivity index (χ1v) is 11.6. The highest BCUT2D eigenvalue weighted by Gasteiger charge is 1.97. The summed E-state index contributed by atoms with van der Waals surface area (Å²) in [4.78, 5) is 0. The van der Waals surface area contributed by atoms with Gasteiger partial charge in [-0.2, -0.15) is 0 Å². The molecule has 2 aromatic carbocycles. The second-order valence-corrected chi connectivity index (χ2v) is 7.79. The predicted octanol–water partition coefficient (Wildman–Crippen LogP) is 6.19. The molecule has 2 nitrogen and oxygen atoms in total. The van der Waals surface area contributed by atoms with Crippen LogP contribution in [0.25, 0.3) is 10.8 Å². The molecule has 0 fully saturated rings. The smallest absolute Gasteiger partial charge is 0.304 e. The van der Waals surface area contributed by atoms with Crippen LogP contribution in [0.5, 0.6) is 0 Å². The molecule has 0 saturated heterocycles. The summed E-state index contributed by atoms with van der Waals surface area (Å²) in [6.45, 7) is 8.46. The van der Waals surface area contributed by atoms with Gasteiger partial charge >= 0.3 is 10.0 Å². The minimum Gasteiger partial charge on any atom is -0.399 e. The first-order valence-electron chi connectivity index (χ1n) is 10.5. The highest BCUT2D eigenvalue weighted by atomic mass is 28.3. The maximum Gasteiger partial charge on any atom is 0.304 e. The SMILES string of the molecule is CCCCCO[SiH2]OCCCCC.CCCc1cccc2ccccc12. The number of hydrogen-bond donors (Lipinski definition) is 0. The van der Waals surface area contributed by atoms with E-state index in [1.807, 2.05) is 0 Å². The third kappa shape index (κ3) is 10.1. The third-order valence-corrected chi connectivity index (χ3v) is 5.26. The average Bonchev–Trinajstić information content (AvgIpc) is 2.68. The Balaban J connectivity index is 0.000000260. The molecule has 26 heavy (non-hydrogen) atoms. The van der Waals surface area contributed by atoms with Crippen molar-refractivity contribution in [2.45, 2.75) is 72.1 Å². The predicted molar refractivity (Wildman–Crippen MR) is 117 cm³/mol. The summed E-state index contributed by atoms with van der Waals surface area (Å²) in [5.74, 6) is 0. The van der Waals surface area contributed by atoms with Gasteiger partial charge in [-0.1, -0.05) is 95.3 Å². The first kappa shape index (κ1) is 22.9. The van der Waals surface area contributed by atoms with E-state index in [0.29, 0.717) is 0 Å². The third-order valence-electron chi connectivity index (χ3n) is 4.35. The molecule has 2 aromatic rings. The molecule has 3 heteroatoms. The molecule has 0 aliphatic carbocycles. The van der Waals surface area contributed by atoms with Gasteiger partial charge in [-0.25, -0.2) is 0 Å². The van der Waals surface area contributed by atoms with Gasteiger partial charge in [0.15, 0.2) is 0 Å². The summed E-state index contributed by atoms with van der Waals surface area (Å²) >= 11 is 0. The fourth-order valence-electron chi connectivity index (χ4n) is 2.86.